The molecule has 1 aliphatic rings. The summed E-state index contributed by atoms with van der Waals surface area (Å²) in [7, 11) is 0. The number of rotatable bonds is 9. The van der Waals surface area contributed by atoms with Crippen LogP contribution in [-0.4, -0.2) is 60.9 Å². The van der Waals surface area contributed by atoms with Crippen molar-refractivity contribution in [3.8, 4) is 0 Å². The minimum Gasteiger partial charge on any atom is -0.379 e. The Kier molecular flexibility index (Phi) is 8.91. The fourth-order valence-corrected chi connectivity index (χ4v) is 6.21. The smallest absolute Gasteiger partial charge is 0.229 e. The highest BCUT2D eigenvalue weighted by atomic mass is 35.5. The van der Waals surface area contributed by atoms with Crippen LogP contribution < -0.4 is 4.90 Å². The first kappa shape index (κ1) is 24.8. The zero-order valence-corrected chi connectivity index (χ0v) is 21.7. The van der Waals surface area contributed by atoms with Crippen molar-refractivity contribution in [3.05, 3.63) is 52.0 Å². The van der Waals surface area contributed by atoms with Crippen molar-refractivity contribution in [1.82, 2.24) is 9.88 Å². The molecule has 0 aliphatic carbocycles. The van der Waals surface area contributed by atoms with Crippen molar-refractivity contribution in [2.24, 2.45) is 0 Å². The number of ether oxygens (including phenoxy) is 1. The molecule has 0 spiro atoms. The summed E-state index contributed by atoms with van der Waals surface area (Å²) < 4.78 is 6.45. The second-order valence-electron chi connectivity index (χ2n) is 7.97. The third-order valence-electron chi connectivity index (χ3n) is 5.53. The van der Waals surface area contributed by atoms with Crippen LogP contribution in [0.25, 0.3) is 10.2 Å². The fourth-order valence-electron chi connectivity index (χ4n) is 3.78. The standard InChI is InChI=1S/C24H27Cl2N3O2S2/c1-17-15-19(26)16-21-23(17)27-24(33-21)29(9-2-8-28-10-12-31-13-11-28)22(30)7-14-32-20-5-3-18(25)4-6-20/h3-6,15-16H,2,7-14H2,1H3. The first-order valence-electron chi connectivity index (χ1n) is 11.0. The van der Waals surface area contributed by atoms with Crippen molar-refractivity contribution >= 4 is 67.6 Å². The largest absolute Gasteiger partial charge is 0.379 e. The summed E-state index contributed by atoms with van der Waals surface area (Å²) in [6, 6.07) is 11.6. The van der Waals surface area contributed by atoms with Crippen molar-refractivity contribution in [2.45, 2.75) is 24.7 Å². The Labute approximate surface area is 213 Å². The van der Waals surface area contributed by atoms with Gasteiger partial charge in [0.25, 0.3) is 0 Å². The van der Waals surface area contributed by atoms with Gasteiger partial charge in [0.05, 0.1) is 23.4 Å². The van der Waals surface area contributed by atoms with Crippen LogP contribution in [0.4, 0.5) is 5.13 Å². The lowest BCUT2D eigenvalue weighted by atomic mass is 10.2. The van der Waals surface area contributed by atoms with Gasteiger partial charge in [0, 0.05) is 53.3 Å². The minimum atomic E-state index is 0.0984. The molecule has 2 heterocycles. The summed E-state index contributed by atoms with van der Waals surface area (Å²) in [5.41, 5.74) is 1.94. The lowest BCUT2D eigenvalue weighted by Crippen LogP contribution is -2.39. The first-order chi connectivity index (χ1) is 16.0. The molecule has 0 saturated carbocycles. The first-order valence-corrected chi connectivity index (χ1v) is 13.6. The molecule has 33 heavy (non-hydrogen) atoms. The van der Waals surface area contributed by atoms with Gasteiger partial charge in [-0.05, 0) is 55.3 Å². The fraction of sp³-hybridized carbons (Fsp3) is 0.417. The normalized spacial score (nSPS) is 14.6. The van der Waals surface area contributed by atoms with Crippen LogP contribution in [0.3, 0.4) is 0 Å². The van der Waals surface area contributed by atoms with Crippen LogP contribution >= 0.6 is 46.3 Å². The summed E-state index contributed by atoms with van der Waals surface area (Å²) in [5.74, 6) is 0.803. The molecule has 0 N–H and O–H groups in total. The van der Waals surface area contributed by atoms with Crippen LogP contribution in [0.1, 0.15) is 18.4 Å². The predicted octanol–water partition coefficient (Wildman–Crippen LogP) is 6.15. The molecule has 4 rings (SSSR count). The zero-order valence-electron chi connectivity index (χ0n) is 18.6. The van der Waals surface area contributed by atoms with E-state index < -0.39 is 0 Å². The molecular weight excluding hydrogens is 497 g/mol. The van der Waals surface area contributed by atoms with Gasteiger partial charge in [-0.25, -0.2) is 4.98 Å². The van der Waals surface area contributed by atoms with Gasteiger partial charge in [0.15, 0.2) is 5.13 Å². The number of benzene rings is 2. The van der Waals surface area contributed by atoms with Gasteiger partial charge in [0.1, 0.15) is 0 Å². The summed E-state index contributed by atoms with van der Waals surface area (Å²) >= 11 is 15.4. The molecule has 3 aromatic rings. The molecule has 5 nitrogen and oxygen atoms in total. The Balaban J connectivity index is 1.44. The SMILES string of the molecule is Cc1cc(Cl)cc2sc(N(CCCN3CCOCC3)C(=O)CCSc3ccc(Cl)cc3)nc12. The van der Waals surface area contributed by atoms with Crippen LogP contribution in [0, 0.1) is 6.92 Å². The second-order valence-corrected chi connectivity index (χ2v) is 11.0. The van der Waals surface area contributed by atoms with E-state index in [1.54, 1.807) is 11.8 Å². The van der Waals surface area contributed by atoms with Crippen LogP contribution in [0.15, 0.2) is 41.3 Å². The number of thiazole rings is 1. The Hall–Kier alpha value is -1.35. The molecule has 1 fully saturated rings. The van der Waals surface area contributed by atoms with Gasteiger partial charge in [-0.3, -0.25) is 14.6 Å². The Morgan fingerprint density at radius 1 is 1.18 bits per heavy atom. The number of anilines is 1. The highest BCUT2D eigenvalue weighted by molar-refractivity contribution is 7.99. The predicted molar refractivity (Wildman–Crippen MR) is 140 cm³/mol. The number of fused-ring (bicyclic) bond motifs is 1. The number of aryl methyl sites for hydroxylation is 1. The number of carbonyl (C=O) groups is 1. The maximum Gasteiger partial charge on any atom is 0.229 e. The van der Waals surface area contributed by atoms with E-state index in [1.165, 1.54) is 11.3 Å². The molecule has 1 aromatic heterocycles. The Morgan fingerprint density at radius 3 is 2.70 bits per heavy atom. The molecule has 176 valence electrons. The number of thioether (sulfide) groups is 1. The number of carbonyl (C=O) groups excluding carboxylic acids is 1. The lowest BCUT2D eigenvalue weighted by Gasteiger charge is -2.27. The summed E-state index contributed by atoms with van der Waals surface area (Å²) in [5, 5.41) is 2.16. The van der Waals surface area contributed by atoms with Crippen molar-refractivity contribution in [2.75, 3.05) is 50.0 Å². The van der Waals surface area contributed by atoms with E-state index >= 15 is 0 Å². The quantitative estimate of drug-likeness (QED) is 0.314. The number of hydrogen-bond acceptors (Lipinski definition) is 6. The number of halogens is 2. The number of morpholine rings is 1. The van der Waals surface area contributed by atoms with Gasteiger partial charge in [-0.15, -0.1) is 11.8 Å². The molecular formula is C24H27Cl2N3O2S2. The van der Waals surface area contributed by atoms with Gasteiger partial charge >= 0.3 is 0 Å². The molecule has 0 unspecified atom stereocenters. The molecule has 9 heteroatoms. The molecule has 0 atom stereocenters. The van der Waals surface area contributed by atoms with Crippen LogP contribution in [-0.2, 0) is 9.53 Å². The lowest BCUT2D eigenvalue weighted by molar-refractivity contribution is -0.118. The van der Waals surface area contributed by atoms with E-state index in [4.69, 9.17) is 32.9 Å². The van der Waals surface area contributed by atoms with Crippen LogP contribution in [0.5, 0.6) is 0 Å². The molecule has 1 saturated heterocycles. The van der Waals surface area contributed by atoms with Crippen molar-refractivity contribution in [1.29, 1.82) is 0 Å². The number of aromatic nitrogens is 1. The highest BCUT2D eigenvalue weighted by Crippen LogP contribution is 2.33. The van der Waals surface area contributed by atoms with E-state index in [2.05, 4.69) is 4.90 Å². The Morgan fingerprint density at radius 2 is 1.94 bits per heavy atom. The van der Waals surface area contributed by atoms with Gasteiger partial charge in [-0.2, -0.15) is 0 Å². The average molecular weight is 525 g/mol. The van der Waals surface area contributed by atoms with E-state index in [9.17, 15) is 4.79 Å². The van der Waals surface area contributed by atoms with Crippen molar-refractivity contribution < 1.29 is 9.53 Å². The minimum absolute atomic E-state index is 0.0984. The number of nitrogens with zero attached hydrogens (tertiary/aromatic N) is 3. The summed E-state index contributed by atoms with van der Waals surface area (Å²) in [6.07, 6.45) is 1.34. The van der Waals surface area contributed by atoms with E-state index in [0.29, 0.717) is 28.8 Å². The van der Waals surface area contributed by atoms with Gasteiger partial charge in [0.2, 0.25) is 5.91 Å². The maximum absolute atomic E-state index is 13.3. The maximum atomic E-state index is 13.3. The number of amides is 1. The molecule has 1 aliphatic heterocycles. The second kappa shape index (κ2) is 11.9. The van der Waals surface area contributed by atoms with E-state index in [1.807, 2.05) is 48.2 Å². The molecule has 2 aromatic carbocycles. The average Bonchev–Trinajstić information content (AvgIpc) is 3.22. The third-order valence-corrected chi connectivity index (χ3v) is 8.04. The van der Waals surface area contributed by atoms with Gasteiger partial charge in [-0.1, -0.05) is 34.5 Å². The summed E-state index contributed by atoms with van der Waals surface area (Å²) in [4.78, 5) is 23.5. The zero-order chi connectivity index (χ0) is 23.2. The topological polar surface area (TPSA) is 45.7 Å². The monoisotopic (exact) mass is 523 g/mol. The highest BCUT2D eigenvalue weighted by Gasteiger charge is 2.21. The summed E-state index contributed by atoms with van der Waals surface area (Å²) in [6.45, 7) is 7.06. The molecule has 0 bridgehead atoms. The molecule has 1 amide bonds. The van der Waals surface area contributed by atoms with Crippen molar-refractivity contribution in [3.63, 3.8) is 0 Å². The third kappa shape index (κ3) is 6.84. The van der Waals surface area contributed by atoms with E-state index in [0.717, 1.165) is 65.1 Å². The van der Waals surface area contributed by atoms with Crippen LogP contribution in [0.2, 0.25) is 10.0 Å². The van der Waals surface area contributed by atoms with E-state index in [-0.39, 0.29) is 5.91 Å². The Bertz CT molecular complexity index is 1090. The number of hydrogen-bond donors (Lipinski definition) is 0. The van der Waals surface area contributed by atoms with Gasteiger partial charge < -0.3 is 4.74 Å². The molecule has 0 radical (unpaired) electrons.